The maximum absolute atomic E-state index is 12.7. The molecule has 0 aliphatic rings. The van der Waals surface area contributed by atoms with Gasteiger partial charge < -0.3 is 25.2 Å². The third-order valence-electron chi connectivity index (χ3n) is 11.5. The lowest BCUT2D eigenvalue weighted by Crippen LogP contribution is -2.34. The number of phosphoric acid groups is 1. The van der Waals surface area contributed by atoms with Crippen LogP contribution < -0.4 is 5.73 Å². The summed E-state index contributed by atoms with van der Waals surface area (Å²) >= 11 is 0. The Balaban J connectivity index is 4.13. The molecular formula is C56H100NO9P. The zero-order chi connectivity index (χ0) is 49.0. The van der Waals surface area contributed by atoms with E-state index in [0.717, 1.165) is 77.0 Å². The highest BCUT2D eigenvalue weighted by atomic mass is 31.2. The minimum atomic E-state index is -4.63. The first-order valence-electron chi connectivity index (χ1n) is 27.0. The summed E-state index contributed by atoms with van der Waals surface area (Å²) in [6.45, 7) is 3.77. The maximum atomic E-state index is 12.7. The van der Waals surface area contributed by atoms with Crippen LogP contribution in [0.5, 0.6) is 0 Å². The molecule has 0 aliphatic heterocycles. The lowest BCUT2D eigenvalue weighted by molar-refractivity contribution is -0.154. The van der Waals surface area contributed by atoms with Crippen molar-refractivity contribution >= 4 is 19.8 Å². The highest BCUT2D eigenvalue weighted by Gasteiger charge is 2.27. The van der Waals surface area contributed by atoms with E-state index in [4.69, 9.17) is 29.4 Å². The number of carbonyl (C=O) groups excluding carboxylic acids is 1. The number of aliphatic carboxylic acids is 1. The second-order valence-corrected chi connectivity index (χ2v) is 19.4. The van der Waals surface area contributed by atoms with Crippen LogP contribution in [-0.2, 0) is 32.7 Å². The van der Waals surface area contributed by atoms with E-state index in [1.54, 1.807) is 0 Å². The number of ether oxygens (including phenoxy) is 2. The molecule has 0 fully saturated rings. The molecule has 3 atom stereocenters. The lowest BCUT2D eigenvalue weighted by Gasteiger charge is -2.20. The highest BCUT2D eigenvalue weighted by molar-refractivity contribution is 7.47. The van der Waals surface area contributed by atoms with Gasteiger partial charge in [0.25, 0.3) is 0 Å². The average Bonchev–Trinajstić information content (AvgIpc) is 3.31. The first-order chi connectivity index (χ1) is 32.7. The van der Waals surface area contributed by atoms with Gasteiger partial charge in [0.05, 0.1) is 19.8 Å². The molecule has 67 heavy (non-hydrogen) atoms. The molecule has 0 bridgehead atoms. The number of hydrogen-bond acceptors (Lipinski definition) is 8. The van der Waals surface area contributed by atoms with E-state index in [-0.39, 0.29) is 13.0 Å². The largest absolute Gasteiger partial charge is 0.480 e. The van der Waals surface area contributed by atoms with Crippen molar-refractivity contribution in [3.05, 3.63) is 72.9 Å². The first kappa shape index (κ1) is 64.4. The fourth-order valence-electron chi connectivity index (χ4n) is 7.33. The number of hydrogen-bond donors (Lipinski definition) is 3. The number of carbonyl (C=O) groups is 2. The van der Waals surface area contributed by atoms with Crippen LogP contribution in [0.4, 0.5) is 0 Å². The van der Waals surface area contributed by atoms with Gasteiger partial charge in [0.1, 0.15) is 12.1 Å². The molecule has 0 aromatic heterocycles. The average molecular weight is 962 g/mol. The number of esters is 1. The number of nitrogens with two attached hydrogens (primary N) is 1. The van der Waals surface area contributed by atoms with E-state index < -0.39 is 45.1 Å². The van der Waals surface area contributed by atoms with Crippen LogP contribution in [-0.4, -0.2) is 60.5 Å². The third kappa shape index (κ3) is 51.1. The summed E-state index contributed by atoms with van der Waals surface area (Å²) in [6, 6.07) is -1.48. The molecule has 0 amide bonds. The molecular weight excluding hydrogens is 862 g/mol. The van der Waals surface area contributed by atoms with Crippen molar-refractivity contribution in [1.29, 1.82) is 0 Å². The van der Waals surface area contributed by atoms with Crippen molar-refractivity contribution in [3.63, 3.8) is 0 Å². The summed E-state index contributed by atoms with van der Waals surface area (Å²) in [6.07, 6.45) is 65.3. The van der Waals surface area contributed by atoms with Gasteiger partial charge in [0, 0.05) is 13.0 Å². The molecule has 3 unspecified atom stereocenters. The summed E-state index contributed by atoms with van der Waals surface area (Å²) in [5, 5.41) is 8.94. The van der Waals surface area contributed by atoms with Crippen LogP contribution in [0.25, 0.3) is 0 Å². The molecule has 0 aromatic carbocycles. The molecule has 0 heterocycles. The quantitative estimate of drug-likeness (QED) is 0.0232. The fraction of sp³-hybridized carbons (Fsp3) is 0.750. The second-order valence-electron chi connectivity index (χ2n) is 18.0. The normalized spacial score (nSPS) is 14.2. The van der Waals surface area contributed by atoms with Gasteiger partial charge in [-0.15, -0.1) is 0 Å². The number of carboxylic acid groups (broad SMARTS) is 1. The predicted octanol–water partition coefficient (Wildman–Crippen LogP) is 16.1. The zero-order valence-corrected chi connectivity index (χ0v) is 43.6. The van der Waals surface area contributed by atoms with Gasteiger partial charge in [-0.2, -0.15) is 0 Å². The van der Waals surface area contributed by atoms with Crippen molar-refractivity contribution in [2.45, 2.75) is 244 Å². The van der Waals surface area contributed by atoms with Crippen molar-refractivity contribution in [2.24, 2.45) is 5.73 Å². The smallest absolute Gasteiger partial charge is 0.472 e. The number of unbranched alkanes of at least 4 members (excludes halogenated alkanes) is 25. The SMILES string of the molecule is CC/C=C\C/C=C\C/C=C\C/C=C\CCCCCCCCCCCCC(=O)OC(COCCCCCCCCCCCC/C=C\C/C=C\CCCCCCC)COP(=O)(O)OCC(N)C(=O)O. The van der Waals surface area contributed by atoms with Crippen LogP contribution in [0.1, 0.15) is 232 Å². The van der Waals surface area contributed by atoms with Gasteiger partial charge in [-0.05, 0) is 83.5 Å². The minimum Gasteiger partial charge on any atom is -0.480 e. The molecule has 0 spiro atoms. The van der Waals surface area contributed by atoms with E-state index in [1.165, 1.54) is 128 Å². The van der Waals surface area contributed by atoms with E-state index in [9.17, 15) is 19.0 Å². The van der Waals surface area contributed by atoms with Crippen molar-refractivity contribution < 1.29 is 42.7 Å². The molecule has 0 aromatic rings. The molecule has 0 rings (SSSR count). The Morgan fingerprint density at radius 1 is 0.493 bits per heavy atom. The molecule has 10 nitrogen and oxygen atoms in total. The Hall–Kier alpha value is -2.59. The number of phosphoric ester groups is 1. The highest BCUT2D eigenvalue weighted by Crippen LogP contribution is 2.43. The van der Waals surface area contributed by atoms with Gasteiger partial charge in [-0.3, -0.25) is 18.6 Å². The summed E-state index contributed by atoms with van der Waals surface area (Å²) in [5.41, 5.74) is 5.38. The van der Waals surface area contributed by atoms with Crippen molar-refractivity contribution in [1.82, 2.24) is 0 Å². The Bertz CT molecular complexity index is 1340. The zero-order valence-electron chi connectivity index (χ0n) is 42.7. The van der Waals surface area contributed by atoms with Gasteiger partial charge in [0.15, 0.2) is 0 Å². The van der Waals surface area contributed by atoms with Gasteiger partial charge in [-0.25, -0.2) is 4.57 Å². The Labute approximate surface area is 410 Å². The Morgan fingerprint density at radius 2 is 0.866 bits per heavy atom. The molecule has 0 radical (unpaired) electrons. The number of rotatable bonds is 51. The first-order valence-corrected chi connectivity index (χ1v) is 28.5. The third-order valence-corrected chi connectivity index (χ3v) is 12.4. The predicted molar refractivity (Wildman–Crippen MR) is 281 cm³/mol. The summed E-state index contributed by atoms with van der Waals surface area (Å²) < 4.78 is 33.6. The van der Waals surface area contributed by atoms with Crippen LogP contribution >= 0.6 is 7.82 Å². The number of carboxylic acids is 1. The van der Waals surface area contributed by atoms with Crippen molar-refractivity contribution in [2.75, 3.05) is 26.4 Å². The van der Waals surface area contributed by atoms with Crippen LogP contribution in [0.15, 0.2) is 72.9 Å². The van der Waals surface area contributed by atoms with E-state index in [1.807, 2.05) is 0 Å². The number of allylic oxidation sites excluding steroid dienone is 12. The maximum Gasteiger partial charge on any atom is 0.472 e. The summed E-state index contributed by atoms with van der Waals surface area (Å²) in [7, 11) is -4.63. The fourth-order valence-corrected chi connectivity index (χ4v) is 8.11. The van der Waals surface area contributed by atoms with E-state index in [2.05, 4.69) is 86.8 Å². The Kier molecular flexibility index (Phi) is 49.3. The van der Waals surface area contributed by atoms with Gasteiger partial charge in [0.2, 0.25) is 0 Å². The summed E-state index contributed by atoms with van der Waals surface area (Å²) in [5.74, 6) is -1.78. The molecule has 0 saturated carbocycles. The lowest BCUT2D eigenvalue weighted by atomic mass is 10.0. The monoisotopic (exact) mass is 962 g/mol. The minimum absolute atomic E-state index is 0.0108. The Morgan fingerprint density at radius 3 is 1.30 bits per heavy atom. The molecule has 388 valence electrons. The van der Waals surface area contributed by atoms with Gasteiger partial charge in [-0.1, -0.05) is 215 Å². The van der Waals surface area contributed by atoms with Crippen molar-refractivity contribution in [3.8, 4) is 0 Å². The van der Waals surface area contributed by atoms with Crippen LogP contribution in [0, 0.1) is 0 Å². The molecule has 4 N–H and O–H groups in total. The van der Waals surface area contributed by atoms with Gasteiger partial charge >= 0.3 is 19.8 Å². The summed E-state index contributed by atoms with van der Waals surface area (Å²) in [4.78, 5) is 33.8. The topological polar surface area (TPSA) is 155 Å². The molecule has 11 heteroatoms. The van der Waals surface area contributed by atoms with E-state index >= 15 is 0 Å². The van der Waals surface area contributed by atoms with Crippen LogP contribution in [0.3, 0.4) is 0 Å². The van der Waals surface area contributed by atoms with E-state index in [0.29, 0.717) is 13.0 Å². The second kappa shape index (κ2) is 51.3. The molecule has 0 aliphatic carbocycles. The standard InChI is InChI=1S/C56H100NO9P/c1-3-5-7-9-11-13-15-17-19-21-23-25-27-28-30-32-34-36-38-40-42-44-46-48-55(58)66-53(51-64-67(61,62)65-52-54(57)56(59)60)50-63-49-47-45-43-41-39-37-35-33-31-29-26-24-22-20-18-16-14-12-10-8-6-4-2/h5,7,11,13,16-19,22-25,53-54H,3-4,6,8-10,12,14-15,20-21,26-52,57H2,1-2H3,(H,59,60)(H,61,62)/b7-5-,13-11-,18-16-,19-17-,24-22-,25-23-. The van der Waals surface area contributed by atoms with Crippen LogP contribution in [0.2, 0.25) is 0 Å². The molecule has 0 saturated heterocycles.